The zero-order valence-corrected chi connectivity index (χ0v) is 13.2. The first kappa shape index (κ1) is 14.4. The molecule has 0 amide bonds. The summed E-state index contributed by atoms with van der Waals surface area (Å²) in [6.45, 7) is 4.59. The lowest BCUT2D eigenvalue weighted by atomic mass is 10.0. The third-order valence-electron chi connectivity index (χ3n) is 4.40. The third kappa shape index (κ3) is 3.06. The zero-order valence-electron chi connectivity index (χ0n) is 11.6. The molecule has 3 rings (SSSR count). The Kier molecular flexibility index (Phi) is 4.40. The molecule has 1 atom stereocenters. The molecule has 1 aromatic carbocycles. The fraction of sp³-hybridized carbons (Fsp3) is 0.600. The van der Waals surface area contributed by atoms with E-state index in [9.17, 15) is 4.39 Å². The molecule has 20 heavy (non-hydrogen) atoms. The van der Waals surface area contributed by atoms with E-state index in [0.717, 1.165) is 42.3 Å². The minimum atomic E-state index is -0.167. The van der Waals surface area contributed by atoms with Crippen LogP contribution >= 0.6 is 15.9 Å². The monoisotopic (exact) mass is 341 g/mol. The molecule has 1 unspecified atom stereocenters. The average Bonchev–Trinajstić information content (AvgIpc) is 3.27. The van der Waals surface area contributed by atoms with Crippen molar-refractivity contribution in [2.45, 2.75) is 24.9 Å². The molecule has 0 bridgehead atoms. The highest BCUT2D eigenvalue weighted by molar-refractivity contribution is 9.10. The van der Waals surface area contributed by atoms with Crippen LogP contribution < -0.4 is 5.73 Å². The molecule has 0 aromatic heterocycles. The number of nitrogens with two attached hydrogens (primary N) is 1. The first-order chi connectivity index (χ1) is 9.69. The molecular formula is C15H21BrFN3. The molecule has 2 fully saturated rings. The smallest absolute Gasteiger partial charge is 0.129 e. The van der Waals surface area contributed by atoms with Crippen LogP contribution in [0.3, 0.4) is 0 Å². The van der Waals surface area contributed by atoms with E-state index in [1.807, 2.05) is 12.1 Å². The van der Waals surface area contributed by atoms with Crippen LogP contribution in [-0.4, -0.2) is 48.6 Å². The van der Waals surface area contributed by atoms with Crippen molar-refractivity contribution in [3.63, 3.8) is 0 Å². The second kappa shape index (κ2) is 6.10. The Morgan fingerprint density at radius 1 is 1.25 bits per heavy atom. The van der Waals surface area contributed by atoms with Gasteiger partial charge >= 0.3 is 0 Å². The van der Waals surface area contributed by atoms with Crippen LogP contribution in [0.1, 0.15) is 24.4 Å². The lowest BCUT2D eigenvalue weighted by molar-refractivity contribution is 0.0924. The summed E-state index contributed by atoms with van der Waals surface area (Å²) < 4.78 is 14.9. The van der Waals surface area contributed by atoms with Crippen LogP contribution in [0.15, 0.2) is 22.7 Å². The van der Waals surface area contributed by atoms with E-state index in [1.165, 1.54) is 18.9 Å². The van der Waals surface area contributed by atoms with Crippen molar-refractivity contribution >= 4 is 15.9 Å². The van der Waals surface area contributed by atoms with Gasteiger partial charge in [0.05, 0.1) is 6.04 Å². The van der Waals surface area contributed by atoms with Gasteiger partial charge in [-0.1, -0.05) is 22.0 Å². The highest BCUT2D eigenvalue weighted by Crippen LogP contribution is 2.30. The van der Waals surface area contributed by atoms with Crippen molar-refractivity contribution in [2.75, 3.05) is 32.7 Å². The van der Waals surface area contributed by atoms with Crippen LogP contribution in [0.4, 0.5) is 4.39 Å². The maximum absolute atomic E-state index is 14.1. The van der Waals surface area contributed by atoms with E-state index in [-0.39, 0.29) is 11.9 Å². The van der Waals surface area contributed by atoms with E-state index in [2.05, 4.69) is 25.7 Å². The summed E-state index contributed by atoms with van der Waals surface area (Å²) in [6.07, 6.45) is 2.70. The molecule has 0 spiro atoms. The summed E-state index contributed by atoms with van der Waals surface area (Å²) in [5.74, 6) is -0.167. The summed E-state index contributed by atoms with van der Waals surface area (Å²) in [5.41, 5.74) is 6.63. The van der Waals surface area contributed by atoms with Gasteiger partial charge in [-0.25, -0.2) is 4.39 Å². The number of piperazine rings is 1. The SMILES string of the molecule is NCC(c1ccc(Br)cc1F)N1CCN(C2CC2)CC1. The lowest BCUT2D eigenvalue weighted by Crippen LogP contribution is -2.49. The normalized spacial score (nSPS) is 22.9. The molecule has 5 heteroatoms. The van der Waals surface area contributed by atoms with E-state index in [1.54, 1.807) is 0 Å². The number of nitrogens with zero attached hydrogens (tertiary/aromatic N) is 2. The Bertz CT molecular complexity index is 470. The molecule has 1 saturated carbocycles. The van der Waals surface area contributed by atoms with Gasteiger partial charge in [-0.05, 0) is 25.0 Å². The molecule has 0 radical (unpaired) electrons. The number of benzene rings is 1. The fourth-order valence-corrected chi connectivity index (χ4v) is 3.43. The lowest BCUT2D eigenvalue weighted by Gasteiger charge is -2.39. The van der Waals surface area contributed by atoms with Crippen molar-refractivity contribution in [2.24, 2.45) is 5.73 Å². The summed E-state index contributed by atoms with van der Waals surface area (Å²) >= 11 is 3.30. The number of rotatable bonds is 4. The van der Waals surface area contributed by atoms with E-state index >= 15 is 0 Å². The predicted octanol–water partition coefficient (Wildman–Crippen LogP) is 2.37. The van der Waals surface area contributed by atoms with Crippen molar-refractivity contribution in [1.82, 2.24) is 9.80 Å². The number of hydrogen-bond donors (Lipinski definition) is 1. The van der Waals surface area contributed by atoms with Crippen LogP contribution in [0, 0.1) is 5.82 Å². The van der Waals surface area contributed by atoms with Crippen LogP contribution in [0.25, 0.3) is 0 Å². The molecule has 1 heterocycles. The van der Waals surface area contributed by atoms with E-state index in [0.29, 0.717) is 6.54 Å². The van der Waals surface area contributed by atoms with E-state index < -0.39 is 0 Å². The topological polar surface area (TPSA) is 32.5 Å². The van der Waals surface area contributed by atoms with Crippen molar-refractivity contribution in [1.29, 1.82) is 0 Å². The number of halogens is 2. The Morgan fingerprint density at radius 3 is 2.50 bits per heavy atom. The summed E-state index contributed by atoms with van der Waals surface area (Å²) in [4.78, 5) is 4.88. The minimum absolute atomic E-state index is 0.00977. The predicted molar refractivity (Wildman–Crippen MR) is 82.1 cm³/mol. The quantitative estimate of drug-likeness (QED) is 0.912. The third-order valence-corrected chi connectivity index (χ3v) is 4.89. The zero-order chi connectivity index (χ0) is 14.1. The maximum atomic E-state index is 14.1. The van der Waals surface area contributed by atoms with Gasteiger partial charge in [0.15, 0.2) is 0 Å². The van der Waals surface area contributed by atoms with Gasteiger partial charge < -0.3 is 5.73 Å². The van der Waals surface area contributed by atoms with Crippen LogP contribution in [0.5, 0.6) is 0 Å². The van der Waals surface area contributed by atoms with Gasteiger partial charge in [0, 0.05) is 48.8 Å². The Labute approximate surface area is 128 Å². The molecule has 2 aliphatic rings. The molecule has 110 valence electrons. The molecular weight excluding hydrogens is 321 g/mol. The molecule has 2 N–H and O–H groups in total. The Balaban J connectivity index is 1.69. The minimum Gasteiger partial charge on any atom is -0.329 e. The summed E-state index contributed by atoms with van der Waals surface area (Å²) in [5, 5.41) is 0. The van der Waals surface area contributed by atoms with Gasteiger partial charge in [0.1, 0.15) is 5.82 Å². The second-order valence-electron chi connectivity index (χ2n) is 5.72. The summed E-state index contributed by atoms with van der Waals surface area (Å²) in [6, 6.07) is 6.08. The van der Waals surface area contributed by atoms with Crippen LogP contribution in [-0.2, 0) is 0 Å². The Morgan fingerprint density at radius 2 is 1.95 bits per heavy atom. The van der Waals surface area contributed by atoms with Gasteiger partial charge in [-0.3, -0.25) is 9.80 Å². The Hall–Kier alpha value is -0.490. The fourth-order valence-electron chi connectivity index (χ4n) is 3.10. The first-order valence-corrected chi connectivity index (χ1v) is 8.11. The van der Waals surface area contributed by atoms with Crippen molar-refractivity contribution < 1.29 is 4.39 Å². The van der Waals surface area contributed by atoms with E-state index in [4.69, 9.17) is 5.73 Å². The highest BCUT2D eigenvalue weighted by atomic mass is 79.9. The van der Waals surface area contributed by atoms with Gasteiger partial charge in [0.25, 0.3) is 0 Å². The van der Waals surface area contributed by atoms with Crippen molar-refractivity contribution in [3.8, 4) is 0 Å². The molecule has 1 saturated heterocycles. The number of hydrogen-bond acceptors (Lipinski definition) is 3. The van der Waals surface area contributed by atoms with Crippen LogP contribution in [0.2, 0.25) is 0 Å². The standard InChI is InChI=1S/C15H21BrFN3/c16-11-1-4-13(14(17)9-11)15(10-18)20-7-5-19(6-8-20)12-2-3-12/h1,4,9,12,15H,2-3,5-8,10,18H2. The second-order valence-corrected chi connectivity index (χ2v) is 6.64. The summed E-state index contributed by atoms with van der Waals surface area (Å²) in [7, 11) is 0. The molecule has 1 aliphatic heterocycles. The highest BCUT2D eigenvalue weighted by Gasteiger charge is 2.33. The van der Waals surface area contributed by atoms with Gasteiger partial charge in [-0.15, -0.1) is 0 Å². The van der Waals surface area contributed by atoms with Gasteiger partial charge in [-0.2, -0.15) is 0 Å². The molecule has 1 aliphatic carbocycles. The molecule has 3 nitrogen and oxygen atoms in total. The largest absolute Gasteiger partial charge is 0.329 e. The maximum Gasteiger partial charge on any atom is 0.129 e. The van der Waals surface area contributed by atoms with Crippen molar-refractivity contribution in [3.05, 3.63) is 34.1 Å². The average molecular weight is 342 g/mol. The first-order valence-electron chi connectivity index (χ1n) is 7.32. The molecule has 1 aromatic rings. The van der Waals surface area contributed by atoms with Gasteiger partial charge in [0.2, 0.25) is 0 Å².